The van der Waals surface area contributed by atoms with Gasteiger partial charge in [-0.15, -0.1) is 0 Å². The number of fused-ring (bicyclic) bond motifs is 1. The fourth-order valence-electron chi connectivity index (χ4n) is 4.93. The number of ether oxygens (including phenoxy) is 1. The second-order valence-corrected chi connectivity index (χ2v) is 9.23. The van der Waals surface area contributed by atoms with Crippen molar-refractivity contribution in [3.05, 3.63) is 35.8 Å². The molecule has 9 nitrogen and oxygen atoms in total. The van der Waals surface area contributed by atoms with Crippen molar-refractivity contribution in [2.24, 2.45) is 11.7 Å². The minimum absolute atomic E-state index is 0.0952. The van der Waals surface area contributed by atoms with E-state index in [4.69, 9.17) is 20.4 Å². The second-order valence-electron chi connectivity index (χ2n) is 9.23. The Balaban J connectivity index is 1.50. The van der Waals surface area contributed by atoms with Crippen LogP contribution in [0.2, 0.25) is 0 Å². The number of hydrogen-bond donors (Lipinski definition) is 3. The number of rotatable bonds is 6. The molecule has 1 aliphatic carbocycles. The number of anilines is 3. The summed E-state index contributed by atoms with van der Waals surface area (Å²) in [5.41, 5.74) is 8.52. The van der Waals surface area contributed by atoms with E-state index < -0.39 is 0 Å². The number of nitrogens with two attached hydrogens (primary N) is 1. The Bertz CT molecular complexity index is 1180. The molecule has 3 aromatic rings. The zero-order valence-electron chi connectivity index (χ0n) is 19.3. The zero-order valence-corrected chi connectivity index (χ0v) is 19.3. The van der Waals surface area contributed by atoms with E-state index in [0.29, 0.717) is 17.4 Å². The van der Waals surface area contributed by atoms with Crippen molar-refractivity contribution in [1.29, 1.82) is 0 Å². The molecule has 2 aromatic heterocycles. The summed E-state index contributed by atoms with van der Waals surface area (Å²) in [6.07, 6.45) is 6.60. The minimum atomic E-state index is -0.281. The van der Waals surface area contributed by atoms with Gasteiger partial charge in [0.2, 0.25) is 17.8 Å². The second kappa shape index (κ2) is 9.54. The molecular weight excluding hydrogens is 437 g/mol. The molecule has 2 aliphatic rings. The van der Waals surface area contributed by atoms with E-state index in [-0.39, 0.29) is 29.7 Å². The van der Waals surface area contributed by atoms with Gasteiger partial charge in [0.05, 0.1) is 6.20 Å². The van der Waals surface area contributed by atoms with Gasteiger partial charge in [0.25, 0.3) is 0 Å². The van der Waals surface area contributed by atoms with Crippen molar-refractivity contribution in [1.82, 2.24) is 19.5 Å². The highest BCUT2D eigenvalue weighted by atomic mass is 19.1. The number of benzene rings is 1. The topological polar surface area (TPSA) is 120 Å². The van der Waals surface area contributed by atoms with Crippen LogP contribution in [0.5, 0.6) is 0 Å². The van der Waals surface area contributed by atoms with Crippen LogP contribution in [0.3, 0.4) is 0 Å². The maximum Gasteiger partial charge on any atom is 0.224 e. The fraction of sp³-hybridized carbons (Fsp3) is 0.500. The van der Waals surface area contributed by atoms with E-state index in [2.05, 4.69) is 20.2 Å². The van der Waals surface area contributed by atoms with Gasteiger partial charge in [-0.3, -0.25) is 9.36 Å². The van der Waals surface area contributed by atoms with Gasteiger partial charge in [0, 0.05) is 36.9 Å². The molecule has 5 rings (SSSR count). The van der Waals surface area contributed by atoms with Crippen LogP contribution in [0.15, 0.2) is 24.4 Å². The van der Waals surface area contributed by atoms with Crippen LogP contribution in [0, 0.1) is 18.7 Å². The van der Waals surface area contributed by atoms with Crippen molar-refractivity contribution in [3.63, 3.8) is 0 Å². The number of carbonyl (C=O) groups excluding carboxylic acids is 1. The highest BCUT2D eigenvalue weighted by Gasteiger charge is 2.29. The van der Waals surface area contributed by atoms with Crippen LogP contribution < -0.4 is 16.4 Å². The largest absolute Gasteiger partial charge is 0.381 e. The number of primary amides is 1. The lowest BCUT2D eigenvalue weighted by Gasteiger charge is -2.29. The van der Waals surface area contributed by atoms with E-state index in [1.165, 1.54) is 12.1 Å². The summed E-state index contributed by atoms with van der Waals surface area (Å²) in [5, 5.41) is 6.81. The van der Waals surface area contributed by atoms with Crippen LogP contribution in [-0.4, -0.2) is 44.7 Å². The van der Waals surface area contributed by atoms with Crippen LogP contribution in [0.25, 0.3) is 11.2 Å². The summed E-state index contributed by atoms with van der Waals surface area (Å²) in [6.45, 7) is 3.31. The quantitative estimate of drug-likeness (QED) is 0.504. The van der Waals surface area contributed by atoms with Crippen molar-refractivity contribution in [2.45, 2.75) is 57.5 Å². The standard InChI is InChI=1S/C24H30FN7O2/c1-14-12-16(25)4-7-19(14)29-24-30-20-13-27-23(28-17-8-10-34-11-9-17)31-22(20)32(24)18-5-2-15(3-6-18)21(26)33/h4,7,12-13,15,17-18H,2-3,5-6,8-11H2,1H3,(H2,26,33)(H,29,30)(H,27,28,31)/t15-,18-. The molecule has 0 spiro atoms. The number of nitrogens with zero attached hydrogens (tertiary/aromatic N) is 4. The number of halogens is 1. The number of nitrogens with one attached hydrogen (secondary N) is 2. The summed E-state index contributed by atoms with van der Waals surface area (Å²) in [7, 11) is 0. The highest BCUT2D eigenvalue weighted by molar-refractivity contribution is 5.78. The zero-order chi connectivity index (χ0) is 23.7. The normalized spacial score (nSPS) is 21.5. The van der Waals surface area contributed by atoms with E-state index >= 15 is 0 Å². The molecule has 1 saturated carbocycles. The van der Waals surface area contributed by atoms with Crippen molar-refractivity contribution >= 4 is 34.7 Å². The molecule has 1 aliphatic heterocycles. The van der Waals surface area contributed by atoms with Gasteiger partial charge in [0.15, 0.2) is 5.65 Å². The first-order valence-electron chi connectivity index (χ1n) is 11.9. The lowest BCUT2D eigenvalue weighted by atomic mass is 9.85. The van der Waals surface area contributed by atoms with Gasteiger partial charge in [-0.1, -0.05) is 0 Å². The maximum atomic E-state index is 13.6. The number of imidazole rings is 1. The number of aromatic nitrogens is 4. The monoisotopic (exact) mass is 467 g/mol. The van der Waals surface area contributed by atoms with E-state index in [0.717, 1.165) is 68.6 Å². The van der Waals surface area contributed by atoms with E-state index in [9.17, 15) is 9.18 Å². The molecule has 1 saturated heterocycles. The lowest BCUT2D eigenvalue weighted by Crippen LogP contribution is -2.29. The van der Waals surface area contributed by atoms with E-state index in [1.54, 1.807) is 12.3 Å². The van der Waals surface area contributed by atoms with Crippen LogP contribution in [-0.2, 0) is 9.53 Å². The Morgan fingerprint density at radius 1 is 1.15 bits per heavy atom. The molecule has 1 aromatic carbocycles. The third-order valence-corrected chi connectivity index (χ3v) is 6.89. The summed E-state index contributed by atoms with van der Waals surface area (Å²) in [6, 6.07) is 5.00. The SMILES string of the molecule is Cc1cc(F)ccc1Nc1nc2cnc(NC3CCOCC3)nc2n1[C@H]1CC[C@H](C(N)=O)CC1. The number of carbonyl (C=O) groups is 1. The average Bonchev–Trinajstić information content (AvgIpc) is 3.19. The molecule has 2 fully saturated rings. The molecule has 10 heteroatoms. The molecule has 0 unspecified atom stereocenters. The van der Waals surface area contributed by atoms with Crippen LogP contribution >= 0.6 is 0 Å². The van der Waals surface area contributed by atoms with Crippen LogP contribution in [0.4, 0.5) is 22.0 Å². The Kier molecular flexibility index (Phi) is 6.32. The first-order chi connectivity index (χ1) is 16.5. The van der Waals surface area contributed by atoms with E-state index in [1.807, 2.05) is 6.92 Å². The summed E-state index contributed by atoms with van der Waals surface area (Å²) in [4.78, 5) is 25.8. The number of amides is 1. The molecule has 0 radical (unpaired) electrons. The number of hydrogen-bond acceptors (Lipinski definition) is 7. The molecule has 4 N–H and O–H groups in total. The number of aryl methyl sites for hydroxylation is 1. The average molecular weight is 468 g/mol. The summed E-state index contributed by atoms with van der Waals surface area (Å²) in [5.74, 6) is 0.582. The fourth-order valence-corrected chi connectivity index (χ4v) is 4.93. The van der Waals surface area contributed by atoms with Crippen molar-refractivity contribution < 1.29 is 13.9 Å². The molecule has 1 amide bonds. The third kappa shape index (κ3) is 4.68. The van der Waals surface area contributed by atoms with Crippen LogP contribution in [0.1, 0.15) is 50.1 Å². The van der Waals surface area contributed by atoms with Crippen molar-refractivity contribution in [2.75, 3.05) is 23.8 Å². The molecule has 0 atom stereocenters. The summed E-state index contributed by atoms with van der Waals surface area (Å²) < 4.78 is 21.2. The minimum Gasteiger partial charge on any atom is -0.381 e. The third-order valence-electron chi connectivity index (χ3n) is 6.89. The predicted molar refractivity (Wildman–Crippen MR) is 127 cm³/mol. The maximum absolute atomic E-state index is 13.6. The Hall–Kier alpha value is -3.27. The Labute approximate surface area is 197 Å². The van der Waals surface area contributed by atoms with Gasteiger partial charge in [0.1, 0.15) is 11.3 Å². The molecule has 180 valence electrons. The molecular formula is C24H30FN7O2. The first-order valence-corrected chi connectivity index (χ1v) is 11.9. The molecule has 34 heavy (non-hydrogen) atoms. The predicted octanol–water partition coefficient (Wildman–Crippen LogP) is 3.82. The Morgan fingerprint density at radius 3 is 2.62 bits per heavy atom. The smallest absolute Gasteiger partial charge is 0.224 e. The van der Waals surface area contributed by atoms with Gasteiger partial charge < -0.3 is 21.1 Å². The molecule has 0 bridgehead atoms. The van der Waals surface area contributed by atoms with Crippen molar-refractivity contribution in [3.8, 4) is 0 Å². The Morgan fingerprint density at radius 2 is 1.91 bits per heavy atom. The first kappa shape index (κ1) is 22.5. The van der Waals surface area contributed by atoms with Gasteiger partial charge in [-0.2, -0.15) is 4.98 Å². The lowest BCUT2D eigenvalue weighted by molar-refractivity contribution is -0.122. The van der Waals surface area contributed by atoms with Gasteiger partial charge in [-0.05, 0) is 69.2 Å². The summed E-state index contributed by atoms with van der Waals surface area (Å²) >= 11 is 0. The van der Waals surface area contributed by atoms with Gasteiger partial charge >= 0.3 is 0 Å². The highest BCUT2D eigenvalue weighted by Crippen LogP contribution is 2.37. The molecule has 3 heterocycles. The van der Waals surface area contributed by atoms with Gasteiger partial charge in [-0.25, -0.2) is 14.4 Å².